The van der Waals surface area contributed by atoms with Gasteiger partial charge in [0, 0.05) is 17.7 Å². The Kier molecular flexibility index (Phi) is 3.33. The van der Waals surface area contributed by atoms with Crippen LogP contribution in [0.2, 0.25) is 0 Å². The Hall–Kier alpha value is -2.02. The molecule has 0 aromatic heterocycles. The summed E-state index contributed by atoms with van der Waals surface area (Å²) in [6.07, 6.45) is 1.41. The van der Waals surface area contributed by atoms with E-state index in [-0.39, 0.29) is 18.2 Å². The molecule has 1 N–H and O–H groups in total. The van der Waals surface area contributed by atoms with E-state index in [1.54, 1.807) is 30.0 Å². The molecule has 120 valence electrons. The van der Waals surface area contributed by atoms with Gasteiger partial charge in [-0.3, -0.25) is 14.5 Å². The van der Waals surface area contributed by atoms with E-state index in [0.717, 1.165) is 28.4 Å². The van der Waals surface area contributed by atoms with E-state index in [4.69, 9.17) is 4.74 Å². The number of hydrogen-bond donors (Lipinski definition) is 1. The second kappa shape index (κ2) is 5.26. The number of ether oxygens (including phenoxy) is 1. The van der Waals surface area contributed by atoms with Crippen LogP contribution in [0.5, 0.6) is 5.75 Å². The highest BCUT2D eigenvalue weighted by molar-refractivity contribution is 7.99. The first-order valence-electron chi connectivity index (χ1n) is 7.60. The number of benzene rings is 1. The molecule has 0 aliphatic carbocycles. The van der Waals surface area contributed by atoms with Crippen molar-refractivity contribution in [3.05, 3.63) is 29.3 Å². The molecule has 1 unspecified atom stereocenters. The van der Waals surface area contributed by atoms with Gasteiger partial charge in [-0.1, -0.05) is 0 Å². The van der Waals surface area contributed by atoms with Crippen molar-refractivity contribution in [2.45, 2.75) is 18.4 Å². The third-order valence-corrected chi connectivity index (χ3v) is 5.77. The summed E-state index contributed by atoms with van der Waals surface area (Å²) in [4.78, 5) is 38.2. The number of thioether (sulfide) groups is 1. The zero-order chi connectivity index (χ0) is 16.0. The summed E-state index contributed by atoms with van der Waals surface area (Å²) in [5.74, 6) is 1.73. The third kappa shape index (κ3) is 2.30. The van der Waals surface area contributed by atoms with Crippen molar-refractivity contribution in [1.29, 1.82) is 0 Å². The van der Waals surface area contributed by atoms with Crippen molar-refractivity contribution >= 4 is 29.5 Å². The second-order valence-electron chi connectivity index (χ2n) is 6.05. The van der Waals surface area contributed by atoms with E-state index in [1.807, 2.05) is 0 Å². The van der Waals surface area contributed by atoms with E-state index in [2.05, 4.69) is 5.32 Å². The molecule has 1 spiro atoms. The lowest BCUT2D eigenvalue weighted by molar-refractivity contribution is -0.130. The molecule has 3 amide bonds. The smallest absolute Gasteiger partial charge is 0.325 e. The topological polar surface area (TPSA) is 75.7 Å². The molecule has 1 aromatic carbocycles. The van der Waals surface area contributed by atoms with Crippen molar-refractivity contribution in [1.82, 2.24) is 10.2 Å². The van der Waals surface area contributed by atoms with Gasteiger partial charge in [0.25, 0.3) is 5.91 Å². The molecule has 3 aliphatic rings. The van der Waals surface area contributed by atoms with Crippen LogP contribution in [0.4, 0.5) is 4.79 Å². The fourth-order valence-electron chi connectivity index (χ4n) is 3.25. The van der Waals surface area contributed by atoms with E-state index in [9.17, 15) is 14.4 Å². The number of ketones is 1. The quantitative estimate of drug-likeness (QED) is 0.666. The molecule has 1 atom stereocenters. The summed E-state index contributed by atoms with van der Waals surface area (Å²) in [5.41, 5.74) is 0.710. The summed E-state index contributed by atoms with van der Waals surface area (Å²) in [6.45, 7) is 0.414. The predicted octanol–water partition coefficient (Wildman–Crippen LogP) is 1.23. The van der Waals surface area contributed by atoms with E-state index in [1.165, 1.54) is 0 Å². The zero-order valence-corrected chi connectivity index (χ0v) is 13.3. The molecule has 4 rings (SSSR count). The minimum absolute atomic E-state index is 0.212. The number of carbonyl (C=O) groups is 3. The lowest BCUT2D eigenvalue weighted by Crippen LogP contribution is -2.47. The van der Waals surface area contributed by atoms with E-state index in [0.29, 0.717) is 24.3 Å². The standard InChI is InChI=1S/C16H16N2O4S/c19-12(10-1-2-13-11(7-10)3-5-22-13)8-18-14(20)16(17-15(18)21)4-6-23-9-16/h1-2,7H,3-6,8-9H2,(H,17,21). The highest BCUT2D eigenvalue weighted by Gasteiger charge is 2.53. The van der Waals surface area contributed by atoms with Crippen LogP contribution in [-0.2, 0) is 11.2 Å². The molecule has 0 radical (unpaired) electrons. The largest absolute Gasteiger partial charge is 0.493 e. The van der Waals surface area contributed by atoms with Crippen molar-refractivity contribution in [3.8, 4) is 5.75 Å². The van der Waals surface area contributed by atoms with Crippen molar-refractivity contribution in [2.75, 3.05) is 24.7 Å². The van der Waals surface area contributed by atoms with Gasteiger partial charge in [0.1, 0.15) is 11.3 Å². The number of fused-ring (bicyclic) bond motifs is 1. The summed E-state index contributed by atoms with van der Waals surface area (Å²) in [5, 5.41) is 2.77. The van der Waals surface area contributed by atoms with Crippen molar-refractivity contribution < 1.29 is 19.1 Å². The van der Waals surface area contributed by atoms with Crippen molar-refractivity contribution in [3.63, 3.8) is 0 Å². The predicted molar refractivity (Wildman–Crippen MR) is 84.9 cm³/mol. The summed E-state index contributed by atoms with van der Waals surface area (Å²) < 4.78 is 5.42. The van der Waals surface area contributed by atoms with Crippen molar-refractivity contribution in [2.24, 2.45) is 0 Å². The van der Waals surface area contributed by atoms with Gasteiger partial charge in [0.2, 0.25) is 0 Å². The number of Topliss-reactive ketones (excluding diaryl/α,β-unsaturated/α-hetero) is 1. The molecular formula is C16H16N2O4S. The lowest BCUT2D eigenvalue weighted by atomic mass is 9.99. The third-order valence-electron chi connectivity index (χ3n) is 4.58. The molecule has 2 fully saturated rings. The van der Waals surface area contributed by atoms with Crippen LogP contribution in [0, 0.1) is 0 Å². The minimum Gasteiger partial charge on any atom is -0.493 e. The van der Waals surface area contributed by atoms with Gasteiger partial charge in [-0.25, -0.2) is 4.79 Å². The Balaban J connectivity index is 1.52. The number of nitrogens with zero attached hydrogens (tertiary/aromatic N) is 1. The van der Waals surface area contributed by atoms with Crippen LogP contribution >= 0.6 is 11.8 Å². The van der Waals surface area contributed by atoms with Gasteiger partial charge in [-0.15, -0.1) is 0 Å². The Morgan fingerprint density at radius 1 is 1.39 bits per heavy atom. The Labute approximate surface area is 137 Å². The minimum atomic E-state index is -0.798. The molecule has 6 nitrogen and oxygen atoms in total. The van der Waals surface area contributed by atoms with E-state index < -0.39 is 11.6 Å². The maximum absolute atomic E-state index is 12.6. The molecular weight excluding hydrogens is 316 g/mol. The number of amides is 3. The highest BCUT2D eigenvalue weighted by Crippen LogP contribution is 2.33. The van der Waals surface area contributed by atoms with Gasteiger partial charge in [0.05, 0.1) is 13.2 Å². The fourth-order valence-corrected chi connectivity index (χ4v) is 4.57. The normalized spacial score (nSPS) is 25.7. The first-order chi connectivity index (χ1) is 11.1. The number of carbonyl (C=O) groups excluding carboxylic acids is 3. The average Bonchev–Trinajstić information content (AvgIpc) is 3.24. The second-order valence-corrected chi connectivity index (χ2v) is 7.16. The molecule has 1 aromatic rings. The van der Waals surface area contributed by atoms with Crippen LogP contribution in [-0.4, -0.2) is 52.8 Å². The van der Waals surface area contributed by atoms with Crippen LogP contribution in [0.25, 0.3) is 0 Å². The molecule has 3 heterocycles. The van der Waals surface area contributed by atoms with Gasteiger partial charge < -0.3 is 10.1 Å². The van der Waals surface area contributed by atoms with Gasteiger partial charge in [-0.2, -0.15) is 11.8 Å². The number of hydrogen-bond acceptors (Lipinski definition) is 5. The number of imide groups is 1. The monoisotopic (exact) mass is 332 g/mol. The Morgan fingerprint density at radius 2 is 2.26 bits per heavy atom. The SMILES string of the molecule is O=C(CN1C(=O)NC2(CCSC2)C1=O)c1ccc2c(c1)CCO2. The van der Waals surface area contributed by atoms with Gasteiger partial charge in [-0.05, 0) is 35.9 Å². The first kappa shape index (κ1) is 14.6. The molecule has 7 heteroatoms. The molecule has 2 saturated heterocycles. The summed E-state index contributed by atoms with van der Waals surface area (Å²) in [7, 11) is 0. The maximum atomic E-state index is 12.6. The van der Waals surface area contributed by atoms with Crippen LogP contribution in [0.1, 0.15) is 22.3 Å². The maximum Gasteiger partial charge on any atom is 0.325 e. The Bertz CT molecular complexity index is 712. The lowest BCUT2D eigenvalue weighted by Gasteiger charge is -2.19. The average molecular weight is 332 g/mol. The summed E-state index contributed by atoms with van der Waals surface area (Å²) in [6, 6.07) is 4.79. The number of nitrogens with one attached hydrogen (secondary N) is 1. The molecule has 0 bridgehead atoms. The van der Waals surface area contributed by atoms with Gasteiger partial charge >= 0.3 is 6.03 Å². The fraction of sp³-hybridized carbons (Fsp3) is 0.438. The van der Waals surface area contributed by atoms with Crippen LogP contribution in [0.3, 0.4) is 0 Å². The van der Waals surface area contributed by atoms with Crippen LogP contribution in [0.15, 0.2) is 18.2 Å². The Morgan fingerprint density at radius 3 is 3.04 bits per heavy atom. The number of rotatable bonds is 3. The zero-order valence-electron chi connectivity index (χ0n) is 12.5. The molecule has 3 aliphatic heterocycles. The highest BCUT2D eigenvalue weighted by atomic mass is 32.2. The molecule has 23 heavy (non-hydrogen) atoms. The number of urea groups is 1. The van der Waals surface area contributed by atoms with Crippen LogP contribution < -0.4 is 10.1 Å². The van der Waals surface area contributed by atoms with E-state index >= 15 is 0 Å². The molecule has 0 saturated carbocycles. The summed E-state index contributed by atoms with van der Waals surface area (Å²) >= 11 is 1.65. The first-order valence-corrected chi connectivity index (χ1v) is 8.75. The van der Waals surface area contributed by atoms with Gasteiger partial charge in [0.15, 0.2) is 5.78 Å².